The Hall–Kier alpha value is -0.330. The van der Waals surface area contributed by atoms with E-state index in [2.05, 4.69) is 5.50 Å². The molecule has 6 nitrogen and oxygen atoms in total. The molecule has 0 saturated heterocycles. The highest BCUT2D eigenvalue weighted by molar-refractivity contribution is 8.84. The molecule has 0 aliphatic rings. The Morgan fingerprint density at radius 1 is 0.765 bits per heavy atom. The van der Waals surface area contributed by atoms with Gasteiger partial charge in [-0.1, -0.05) is 0 Å². The molecule has 0 fully saturated rings. The summed E-state index contributed by atoms with van der Waals surface area (Å²) in [7, 11) is -14.4. The van der Waals surface area contributed by atoms with Gasteiger partial charge in [0.25, 0.3) is 0 Å². The van der Waals surface area contributed by atoms with Crippen LogP contribution in [0.5, 0.6) is 0 Å². The van der Waals surface area contributed by atoms with Crippen LogP contribution in [0.1, 0.15) is 0 Å². The molecule has 0 rings (SSSR count). The van der Waals surface area contributed by atoms with E-state index in [9.17, 15) is 47.7 Å². The van der Waals surface area contributed by atoms with Crippen molar-refractivity contribution in [2.24, 2.45) is 5.50 Å². The molecule has 104 valence electrons. The lowest BCUT2D eigenvalue weighted by molar-refractivity contribution is -0.0420. The first-order chi connectivity index (χ1) is 7.00. The molecule has 0 unspecified atom stereocenters. The molecule has 0 heterocycles. The van der Waals surface area contributed by atoms with E-state index in [4.69, 9.17) is 0 Å². The Bertz CT molecular complexity index is 506. The van der Waals surface area contributed by atoms with Crippen molar-refractivity contribution in [3.05, 3.63) is 0 Å². The van der Waals surface area contributed by atoms with Crippen molar-refractivity contribution in [3.63, 3.8) is 0 Å². The van der Waals surface area contributed by atoms with Crippen LogP contribution in [0.4, 0.5) is 26.3 Å². The van der Waals surface area contributed by atoms with Crippen molar-refractivity contribution in [1.82, 2.24) is 0 Å². The largest absolute Gasteiger partial charge is 0.506 e. The van der Waals surface area contributed by atoms with Crippen molar-refractivity contribution >= 4 is 24.6 Å². The molecule has 0 atom stereocenters. The number of alkyl halides is 6. The van der Waals surface area contributed by atoms with Gasteiger partial charge in [-0.05, 0) is 0 Å². The normalized spacial score (nSPS) is 15.9. The molecule has 0 aliphatic heterocycles. The number of rotatable bonds is 2. The standard InChI is InChI=1S/C2H2F6NO5PS2/c3-1(4,5)16(11,12)15(9,10)17(13,14)2(6,7)8/h(H2,9,10). The zero-order valence-electron chi connectivity index (χ0n) is 7.15. The van der Waals surface area contributed by atoms with Gasteiger partial charge in [0.05, 0.1) is 0 Å². The first-order valence-corrected chi connectivity index (χ1v) is 8.97. The average Bonchev–Trinajstić information content (AvgIpc) is 1.98. The van der Waals surface area contributed by atoms with E-state index < -0.39 is 35.6 Å². The highest BCUT2D eigenvalue weighted by atomic mass is 33.1. The van der Waals surface area contributed by atoms with Gasteiger partial charge in [0.1, 0.15) is 0 Å². The highest BCUT2D eigenvalue weighted by Crippen LogP contribution is 2.61. The van der Waals surface area contributed by atoms with Crippen molar-refractivity contribution in [3.8, 4) is 0 Å². The van der Waals surface area contributed by atoms with Crippen LogP contribution >= 0.6 is 5.70 Å². The first-order valence-electron chi connectivity index (χ1n) is 3.01. The van der Waals surface area contributed by atoms with Gasteiger partial charge in [0, 0.05) is 0 Å². The van der Waals surface area contributed by atoms with E-state index in [1.807, 2.05) is 0 Å². The Labute approximate surface area is 89.5 Å². The molecular weight excluding hydrogens is 327 g/mol. The Morgan fingerprint density at radius 3 is 1.06 bits per heavy atom. The second kappa shape index (κ2) is 3.83. The SMILES string of the molecule is NP(=O)(S(=O)(=O)C(F)(F)F)S(=O)(=O)C(F)(F)F. The fraction of sp³-hybridized carbons (Fsp3) is 1.00. The smallest absolute Gasteiger partial charge is 0.272 e. The van der Waals surface area contributed by atoms with E-state index in [1.165, 1.54) is 0 Å². The minimum Gasteiger partial charge on any atom is -0.272 e. The molecule has 2 N–H and O–H groups in total. The summed E-state index contributed by atoms with van der Waals surface area (Å²) in [4.78, 5) is 0. The van der Waals surface area contributed by atoms with Crippen LogP contribution in [0.25, 0.3) is 0 Å². The summed E-state index contributed by atoms with van der Waals surface area (Å²) in [5, 5.41) is 0. The second-order valence-corrected chi connectivity index (χ2v) is 13.1. The minimum atomic E-state index is -7.19. The zero-order valence-corrected chi connectivity index (χ0v) is 9.68. The number of hydrogen-bond acceptors (Lipinski definition) is 5. The van der Waals surface area contributed by atoms with Gasteiger partial charge in [0.15, 0.2) is 0 Å². The fourth-order valence-electron chi connectivity index (χ4n) is 0.418. The van der Waals surface area contributed by atoms with Crippen LogP contribution in [0.15, 0.2) is 0 Å². The topological polar surface area (TPSA) is 111 Å². The van der Waals surface area contributed by atoms with Crippen molar-refractivity contribution in [2.45, 2.75) is 11.0 Å². The summed E-state index contributed by atoms with van der Waals surface area (Å²) in [6.07, 6.45) is 0. The third-order valence-electron chi connectivity index (χ3n) is 1.26. The Balaban J connectivity index is 6.26. The van der Waals surface area contributed by atoms with Gasteiger partial charge in [-0.25, -0.2) is 16.8 Å². The molecule has 0 aliphatic carbocycles. The number of hydrogen-bond donors (Lipinski definition) is 1. The van der Waals surface area contributed by atoms with Gasteiger partial charge in [-0.3, -0.25) is 10.1 Å². The summed E-state index contributed by atoms with van der Waals surface area (Å²) in [6.45, 7) is 0. The van der Waals surface area contributed by atoms with Crippen molar-refractivity contribution < 1.29 is 47.7 Å². The van der Waals surface area contributed by atoms with Crippen LogP contribution in [-0.4, -0.2) is 27.9 Å². The molecule has 0 saturated carbocycles. The van der Waals surface area contributed by atoms with E-state index in [0.29, 0.717) is 0 Å². The molecule has 0 amide bonds. The molecule has 0 bridgehead atoms. The minimum absolute atomic E-state index is 3.78. The molecule has 0 aromatic rings. The van der Waals surface area contributed by atoms with E-state index >= 15 is 0 Å². The van der Waals surface area contributed by atoms with Crippen molar-refractivity contribution in [1.29, 1.82) is 0 Å². The monoisotopic (exact) mass is 329 g/mol. The van der Waals surface area contributed by atoms with Gasteiger partial charge in [-0.2, -0.15) is 26.3 Å². The number of halogens is 6. The maximum absolute atomic E-state index is 11.8. The molecule has 0 aromatic carbocycles. The van der Waals surface area contributed by atoms with E-state index in [-0.39, 0.29) is 0 Å². The lowest BCUT2D eigenvalue weighted by Gasteiger charge is -2.17. The third-order valence-corrected chi connectivity index (χ3v) is 12.6. The van der Waals surface area contributed by atoms with Gasteiger partial charge in [-0.15, -0.1) is 0 Å². The Kier molecular flexibility index (Phi) is 3.76. The molecule has 15 heteroatoms. The van der Waals surface area contributed by atoms with E-state index in [0.717, 1.165) is 0 Å². The van der Waals surface area contributed by atoms with Crippen LogP contribution in [0.3, 0.4) is 0 Å². The fourth-order valence-corrected chi connectivity index (χ4v) is 7.61. The summed E-state index contributed by atoms with van der Waals surface area (Å²) >= 11 is 0. The number of nitrogens with two attached hydrogens (primary N) is 1. The molecule has 0 aromatic heterocycles. The summed E-state index contributed by atoms with van der Waals surface area (Å²) in [5.74, 6) is 0. The van der Waals surface area contributed by atoms with Crippen LogP contribution in [0, 0.1) is 0 Å². The Morgan fingerprint density at radius 2 is 0.941 bits per heavy atom. The maximum atomic E-state index is 11.8. The van der Waals surface area contributed by atoms with Gasteiger partial charge in [0.2, 0.25) is 0 Å². The summed E-state index contributed by atoms with van der Waals surface area (Å²) in [6, 6.07) is 0. The van der Waals surface area contributed by atoms with Crippen LogP contribution in [-0.2, 0) is 23.5 Å². The maximum Gasteiger partial charge on any atom is 0.506 e. The lowest BCUT2D eigenvalue weighted by atomic mass is 11.6. The third kappa shape index (κ3) is 2.30. The average molecular weight is 329 g/mol. The quantitative estimate of drug-likeness (QED) is 0.596. The summed E-state index contributed by atoms with van der Waals surface area (Å²) in [5.41, 5.74) is -16.3. The molecule has 0 radical (unpaired) electrons. The van der Waals surface area contributed by atoms with Crippen molar-refractivity contribution in [2.75, 3.05) is 0 Å². The van der Waals surface area contributed by atoms with Gasteiger partial charge < -0.3 is 0 Å². The van der Waals surface area contributed by atoms with E-state index in [1.54, 1.807) is 0 Å². The second-order valence-electron chi connectivity index (χ2n) is 2.38. The molecular formula is C2H2F6NO5PS2. The molecule has 17 heavy (non-hydrogen) atoms. The summed E-state index contributed by atoms with van der Waals surface area (Å²) < 4.78 is 123. The zero-order chi connectivity index (χ0) is 14.5. The van der Waals surface area contributed by atoms with Crippen LogP contribution < -0.4 is 5.50 Å². The predicted octanol–water partition coefficient (Wildman–Crippen LogP) is 0.922. The lowest BCUT2D eigenvalue weighted by Crippen LogP contribution is -2.34. The van der Waals surface area contributed by atoms with Gasteiger partial charge >= 0.3 is 35.6 Å². The first kappa shape index (κ1) is 16.7. The highest BCUT2D eigenvalue weighted by Gasteiger charge is 2.69. The molecule has 0 spiro atoms. The van der Waals surface area contributed by atoms with Crippen LogP contribution in [0.2, 0.25) is 0 Å². The predicted molar refractivity (Wildman–Crippen MR) is 41.7 cm³/mol.